The number of rotatable bonds is 5. The van der Waals surface area contributed by atoms with Gasteiger partial charge in [-0.2, -0.15) is 0 Å². The molecule has 1 aromatic carbocycles. The van der Waals surface area contributed by atoms with Crippen LogP contribution in [0.2, 0.25) is 0 Å². The zero-order valence-corrected chi connectivity index (χ0v) is 17.7. The number of fused-ring (bicyclic) bond motifs is 1. The third-order valence-corrected chi connectivity index (χ3v) is 5.33. The van der Waals surface area contributed by atoms with E-state index in [1.54, 1.807) is 6.20 Å². The van der Waals surface area contributed by atoms with Crippen molar-refractivity contribution in [2.45, 2.75) is 39.2 Å². The van der Waals surface area contributed by atoms with Crippen LogP contribution in [-0.4, -0.2) is 27.4 Å². The zero-order chi connectivity index (χ0) is 21.3. The summed E-state index contributed by atoms with van der Waals surface area (Å²) in [5.41, 5.74) is 4.88. The minimum absolute atomic E-state index is 0.0392. The predicted octanol–water partition coefficient (Wildman–Crippen LogP) is 4.18. The number of nitrogens with zero attached hydrogens (tertiary/aromatic N) is 3. The Morgan fingerprint density at radius 2 is 2.03 bits per heavy atom. The molecule has 0 saturated carbocycles. The summed E-state index contributed by atoms with van der Waals surface area (Å²) in [6, 6.07) is 11.8. The molecule has 0 aliphatic carbocycles. The largest absolute Gasteiger partial charge is 0.369 e. The molecule has 7 heteroatoms. The van der Waals surface area contributed by atoms with E-state index in [2.05, 4.69) is 50.8 Å². The van der Waals surface area contributed by atoms with Gasteiger partial charge in [0.1, 0.15) is 5.82 Å². The van der Waals surface area contributed by atoms with Crippen LogP contribution in [0.5, 0.6) is 0 Å². The minimum atomic E-state index is -0.0778. The number of amides is 1. The van der Waals surface area contributed by atoms with Crippen molar-refractivity contribution in [2.75, 3.05) is 17.2 Å². The van der Waals surface area contributed by atoms with E-state index in [1.807, 2.05) is 43.5 Å². The normalized spacial score (nSPS) is 15.1. The number of benzene rings is 1. The second kappa shape index (κ2) is 7.74. The van der Waals surface area contributed by atoms with Gasteiger partial charge in [-0.1, -0.05) is 26.0 Å². The van der Waals surface area contributed by atoms with E-state index in [-0.39, 0.29) is 17.4 Å². The third-order valence-electron chi connectivity index (χ3n) is 5.33. The number of hydrogen-bond donors (Lipinski definition) is 3. The number of nitrogens with one attached hydrogen (secondary N) is 3. The van der Waals surface area contributed by atoms with E-state index >= 15 is 0 Å². The fourth-order valence-electron chi connectivity index (χ4n) is 3.64. The van der Waals surface area contributed by atoms with Crippen molar-refractivity contribution in [3.63, 3.8) is 0 Å². The van der Waals surface area contributed by atoms with Crippen LogP contribution in [0.25, 0.3) is 11.3 Å². The van der Waals surface area contributed by atoms with E-state index in [1.165, 1.54) is 12.5 Å². The highest BCUT2D eigenvalue weighted by Crippen LogP contribution is 2.36. The number of hydrogen-bond acceptors (Lipinski definition) is 6. The molecule has 1 unspecified atom stereocenters. The predicted molar refractivity (Wildman–Crippen MR) is 119 cm³/mol. The maximum Gasteiger partial charge on any atom is 0.227 e. The Hall–Kier alpha value is -3.48. The molecule has 154 valence electrons. The van der Waals surface area contributed by atoms with Crippen molar-refractivity contribution in [3.05, 3.63) is 59.9 Å². The van der Waals surface area contributed by atoms with E-state index in [0.717, 1.165) is 34.9 Å². The summed E-state index contributed by atoms with van der Waals surface area (Å²) in [6.07, 6.45) is 3.58. The van der Waals surface area contributed by atoms with Gasteiger partial charge in [0.15, 0.2) is 0 Å². The van der Waals surface area contributed by atoms with Crippen molar-refractivity contribution in [1.82, 2.24) is 20.3 Å². The average molecular weight is 403 g/mol. The van der Waals surface area contributed by atoms with Crippen LogP contribution >= 0.6 is 0 Å². The van der Waals surface area contributed by atoms with Gasteiger partial charge in [-0.05, 0) is 36.8 Å². The van der Waals surface area contributed by atoms with Crippen LogP contribution in [0.4, 0.5) is 17.5 Å². The van der Waals surface area contributed by atoms with Crippen molar-refractivity contribution in [1.29, 1.82) is 0 Å². The molecule has 0 saturated heterocycles. The molecule has 30 heavy (non-hydrogen) atoms. The summed E-state index contributed by atoms with van der Waals surface area (Å²) in [4.78, 5) is 24.9. The van der Waals surface area contributed by atoms with E-state index in [9.17, 15) is 4.79 Å². The van der Waals surface area contributed by atoms with Crippen molar-refractivity contribution < 1.29 is 4.79 Å². The molecule has 3 aromatic rings. The summed E-state index contributed by atoms with van der Waals surface area (Å²) in [5.74, 6) is 1.40. The van der Waals surface area contributed by atoms with E-state index in [4.69, 9.17) is 0 Å². The summed E-state index contributed by atoms with van der Waals surface area (Å²) in [6.45, 7) is 8.76. The number of anilines is 3. The van der Waals surface area contributed by atoms with Gasteiger partial charge in [0.25, 0.3) is 0 Å². The molecule has 1 aliphatic rings. The van der Waals surface area contributed by atoms with Gasteiger partial charge in [0.05, 0.1) is 11.7 Å². The second-order valence-corrected chi connectivity index (χ2v) is 8.30. The Labute approximate surface area is 176 Å². The first-order valence-corrected chi connectivity index (χ1v) is 10.0. The Balaban J connectivity index is 1.57. The highest BCUT2D eigenvalue weighted by molar-refractivity contribution is 5.73. The van der Waals surface area contributed by atoms with Gasteiger partial charge < -0.3 is 16.0 Å². The lowest BCUT2D eigenvalue weighted by atomic mass is 9.87. The van der Waals surface area contributed by atoms with Gasteiger partial charge >= 0.3 is 0 Å². The van der Waals surface area contributed by atoms with Crippen LogP contribution in [0.1, 0.15) is 44.9 Å². The van der Waals surface area contributed by atoms with Crippen LogP contribution in [-0.2, 0) is 10.2 Å². The van der Waals surface area contributed by atoms with Crippen LogP contribution in [0, 0.1) is 0 Å². The van der Waals surface area contributed by atoms with Gasteiger partial charge in [0, 0.05) is 48.1 Å². The first kappa shape index (κ1) is 19.8. The SMILES string of the molecule is CC(=O)NC(C)c1cccc(Nc2nccc(-c3cnc4c(c3)C(C)(C)CN4)n2)c1. The van der Waals surface area contributed by atoms with Crippen molar-refractivity contribution >= 4 is 23.4 Å². The molecule has 7 nitrogen and oxygen atoms in total. The highest BCUT2D eigenvalue weighted by atomic mass is 16.1. The Morgan fingerprint density at radius 3 is 2.83 bits per heavy atom. The standard InChI is InChI=1S/C23H26N6O/c1-14(27-15(2)30)16-6-5-7-18(10-16)28-22-24-9-8-20(29-22)17-11-19-21(25-12-17)26-13-23(19,3)4/h5-12,14H,13H2,1-4H3,(H,25,26)(H,27,30)(H,24,28,29). The molecular weight excluding hydrogens is 376 g/mol. The van der Waals surface area contributed by atoms with Crippen molar-refractivity contribution in [2.24, 2.45) is 0 Å². The second-order valence-electron chi connectivity index (χ2n) is 8.30. The fourth-order valence-corrected chi connectivity index (χ4v) is 3.64. The maximum atomic E-state index is 11.3. The van der Waals surface area contributed by atoms with E-state index in [0.29, 0.717) is 5.95 Å². The third kappa shape index (κ3) is 4.10. The van der Waals surface area contributed by atoms with Crippen LogP contribution in [0.3, 0.4) is 0 Å². The van der Waals surface area contributed by atoms with E-state index < -0.39 is 0 Å². The monoisotopic (exact) mass is 402 g/mol. The first-order valence-electron chi connectivity index (χ1n) is 10.0. The fraction of sp³-hybridized carbons (Fsp3) is 0.304. The number of carbonyl (C=O) groups is 1. The summed E-state index contributed by atoms with van der Waals surface area (Å²) < 4.78 is 0. The smallest absolute Gasteiger partial charge is 0.227 e. The Bertz CT molecular complexity index is 1090. The summed E-state index contributed by atoms with van der Waals surface area (Å²) in [7, 11) is 0. The number of pyridine rings is 1. The lowest BCUT2D eigenvalue weighted by Gasteiger charge is -2.17. The summed E-state index contributed by atoms with van der Waals surface area (Å²) >= 11 is 0. The minimum Gasteiger partial charge on any atom is -0.369 e. The molecule has 0 radical (unpaired) electrons. The van der Waals surface area contributed by atoms with Gasteiger partial charge in [-0.15, -0.1) is 0 Å². The molecule has 3 N–H and O–H groups in total. The Morgan fingerprint density at radius 1 is 1.20 bits per heavy atom. The first-order chi connectivity index (χ1) is 14.3. The number of carbonyl (C=O) groups excluding carboxylic acids is 1. The molecule has 0 spiro atoms. The van der Waals surface area contributed by atoms with Crippen molar-refractivity contribution in [3.8, 4) is 11.3 Å². The number of aromatic nitrogens is 3. The quantitative estimate of drug-likeness (QED) is 0.593. The van der Waals surface area contributed by atoms with Gasteiger partial charge in [-0.3, -0.25) is 4.79 Å². The van der Waals surface area contributed by atoms with Crippen LogP contribution in [0.15, 0.2) is 48.8 Å². The molecule has 1 amide bonds. The molecule has 1 atom stereocenters. The van der Waals surface area contributed by atoms with Crippen LogP contribution < -0.4 is 16.0 Å². The molecule has 0 fully saturated rings. The maximum absolute atomic E-state index is 11.3. The molecule has 3 heterocycles. The molecular formula is C23H26N6O. The Kier molecular flexibility index (Phi) is 5.11. The molecule has 4 rings (SSSR count). The topological polar surface area (TPSA) is 91.8 Å². The lowest BCUT2D eigenvalue weighted by molar-refractivity contribution is -0.119. The highest BCUT2D eigenvalue weighted by Gasteiger charge is 2.31. The van der Waals surface area contributed by atoms with Gasteiger partial charge in [0.2, 0.25) is 11.9 Å². The molecule has 2 aromatic heterocycles. The molecule has 1 aliphatic heterocycles. The zero-order valence-electron chi connectivity index (χ0n) is 17.7. The summed E-state index contributed by atoms with van der Waals surface area (Å²) in [5, 5.41) is 9.52. The average Bonchev–Trinajstić information content (AvgIpc) is 3.02. The van der Waals surface area contributed by atoms with Gasteiger partial charge in [-0.25, -0.2) is 15.0 Å². The molecule has 0 bridgehead atoms. The lowest BCUT2D eigenvalue weighted by Crippen LogP contribution is -2.23.